The Morgan fingerprint density at radius 1 is 1.71 bits per heavy atom. The normalized spacial score (nSPS) is 11.4. The fourth-order valence-corrected chi connectivity index (χ4v) is 2.11. The van der Waals surface area contributed by atoms with Gasteiger partial charge in [-0.15, -0.1) is 23.1 Å². The molecule has 0 amide bonds. The molecule has 0 aromatic carbocycles. The fourth-order valence-electron chi connectivity index (χ4n) is 0.965. The maximum Gasteiger partial charge on any atom is 0.198 e. The minimum absolute atomic E-state index is 0.0744. The summed E-state index contributed by atoms with van der Waals surface area (Å²) in [6, 6.07) is 3.73. The van der Waals surface area contributed by atoms with Crippen LogP contribution in [0.3, 0.4) is 0 Å². The number of thiophene rings is 1. The predicted octanol–water partition coefficient (Wildman–Crippen LogP) is 2.74. The maximum absolute atomic E-state index is 11.6. The molecule has 0 saturated carbocycles. The largest absolute Gasteiger partial charge is 0.380 e. The number of carbonyl (C=O) groups excluding carboxylic acids is 1. The van der Waals surface area contributed by atoms with Gasteiger partial charge < -0.3 is 5.32 Å². The number of thioether (sulfide) groups is 1. The lowest BCUT2D eigenvalue weighted by Crippen LogP contribution is -2.10. The van der Waals surface area contributed by atoms with Gasteiger partial charge in [-0.3, -0.25) is 4.79 Å². The number of carbonyl (C=O) groups is 1. The molecule has 0 atom stereocenters. The Bertz CT molecular complexity index is 317. The molecule has 14 heavy (non-hydrogen) atoms. The van der Waals surface area contributed by atoms with Crippen LogP contribution >= 0.6 is 23.1 Å². The smallest absolute Gasteiger partial charge is 0.198 e. The highest BCUT2D eigenvalue weighted by Crippen LogP contribution is 2.13. The molecule has 1 rings (SSSR count). The van der Waals surface area contributed by atoms with Gasteiger partial charge in [-0.2, -0.15) is 0 Å². The van der Waals surface area contributed by atoms with E-state index in [1.54, 1.807) is 17.8 Å². The molecule has 0 aliphatic carbocycles. The minimum atomic E-state index is 0.0744. The van der Waals surface area contributed by atoms with Gasteiger partial charge in [0.15, 0.2) is 5.78 Å². The molecule has 0 spiro atoms. The van der Waals surface area contributed by atoms with Crippen LogP contribution in [0.2, 0.25) is 0 Å². The molecule has 0 aliphatic heterocycles. The third-order valence-electron chi connectivity index (χ3n) is 1.60. The summed E-state index contributed by atoms with van der Waals surface area (Å²) in [4.78, 5) is 12.4. The molecule has 0 saturated heterocycles. The van der Waals surface area contributed by atoms with E-state index in [-0.39, 0.29) is 5.78 Å². The Kier molecular flexibility index (Phi) is 4.76. The molecular formula is C10H13NOS2. The molecule has 76 valence electrons. The van der Waals surface area contributed by atoms with E-state index in [9.17, 15) is 4.79 Å². The van der Waals surface area contributed by atoms with E-state index in [2.05, 4.69) is 5.32 Å². The van der Waals surface area contributed by atoms with Crippen molar-refractivity contribution in [1.29, 1.82) is 0 Å². The summed E-state index contributed by atoms with van der Waals surface area (Å²) in [5.74, 6) is 0.0744. The van der Waals surface area contributed by atoms with Crippen LogP contribution in [0, 0.1) is 0 Å². The van der Waals surface area contributed by atoms with Gasteiger partial charge in [-0.1, -0.05) is 6.07 Å². The van der Waals surface area contributed by atoms with E-state index in [1.165, 1.54) is 11.3 Å². The van der Waals surface area contributed by atoms with Gasteiger partial charge in [0, 0.05) is 12.6 Å². The molecule has 0 bridgehead atoms. The van der Waals surface area contributed by atoms with Gasteiger partial charge >= 0.3 is 0 Å². The second-order valence-electron chi connectivity index (χ2n) is 2.58. The molecule has 4 heteroatoms. The Morgan fingerprint density at radius 2 is 2.50 bits per heavy atom. The summed E-state index contributed by atoms with van der Waals surface area (Å²) >= 11 is 3.02. The SMILES string of the molecule is CCNC(=CC(=O)c1cccs1)SC. The van der Waals surface area contributed by atoms with Crippen molar-refractivity contribution in [3.63, 3.8) is 0 Å². The van der Waals surface area contributed by atoms with Gasteiger partial charge in [0.1, 0.15) is 0 Å². The third kappa shape index (κ3) is 3.20. The number of hydrogen-bond acceptors (Lipinski definition) is 4. The van der Waals surface area contributed by atoms with Crippen molar-refractivity contribution >= 4 is 28.9 Å². The molecule has 0 fully saturated rings. The highest BCUT2D eigenvalue weighted by atomic mass is 32.2. The Balaban J connectivity index is 2.70. The van der Waals surface area contributed by atoms with Crippen LogP contribution in [-0.4, -0.2) is 18.6 Å². The molecule has 0 radical (unpaired) electrons. The van der Waals surface area contributed by atoms with Gasteiger partial charge in [-0.05, 0) is 24.6 Å². The Hall–Kier alpha value is -0.740. The average Bonchev–Trinajstić information content (AvgIpc) is 2.69. The first kappa shape index (κ1) is 11.3. The fraction of sp³-hybridized carbons (Fsp3) is 0.300. The second-order valence-corrected chi connectivity index (χ2v) is 4.38. The van der Waals surface area contributed by atoms with Gasteiger partial charge in [-0.25, -0.2) is 0 Å². The zero-order valence-corrected chi connectivity index (χ0v) is 9.87. The summed E-state index contributed by atoms with van der Waals surface area (Å²) in [7, 11) is 0. The number of hydrogen-bond donors (Lipinski definition) is 1. The topological polar surface area (TPSA) is 29.1 Å². The lowest BCUT2D eigenvalue weighted by molar-refractivity contribution is 0.105. The first-order valence-electron chi connectivity index (χ1n) is 4.35. The van der Waals surface area contributed by atoms with E-state index in [4.69, 9.17) is 0 Å². The first-order valence-corrected chi connectivity index (χ1v) is 6.45. The average molecular weight is 227 g/mol. The number of ketones is 1. The molecule has 1 aromatic rings. The molecule has 0 aliphatic rings. The standard InChI is InChI=1S/C10H13NOS2/c1-3-11-10(13-2)7-8(12)9-5-4-6-14-9/h4-7,11H,3H2,1-2H3. The van der Waals surface area contributed by atoms with Gasteiger partial charge in [0.05, 0.1) is 9.91 Å². The molecule has 0 unspecified atom stereocenters. The third-order valence-corrected chi connectivity index (χ3v) is 3.18. The zero-order valence-electron chi connectivity index (χ0n) is 8.24. The van der Waals surface area contributed by atoms with Crippen LogP contribution < -0.4 is 5.32 Å². The van der Waals surface area contributed by atoms with Crippen molar-refractivity contribution in [1.82, 2.24) is 5.32 Å². The zero-order chi connectivity index (χ0) is 10.4. The van der Waals surface area contributed by atoms with E-state index < -0.39 is 0 Å². The molecule has 1 aromatic heterocycles. The van der Waals surface area contributed by atoms with Crippen LogP contribution in [0.15, 0.2) is 28.6 Å². The maximum atomic E-state index is 11.6. The van der Waals surface area contributed by atoms with E-state index in [1.807, 2.05) is 30.7 Å². The van der Waals surface area contributed by atoms with Crippen molar-refractivity contribution in [3.8, 4) is 0 Å². The lowest BCUT2D eigenvalue weighted by atomic mass is 10.3. The first-order chi connectivity index (χ1) is 6.77. The number of nitrogens with one attached hydrogen (secondary N) is 1. The summed E-state index contributed by atoms with van der Waals surface area (Å²) in [6.07, 6.45) is 3.61. The monoisotopic (exact) mass is 227 g/mol. The highest BCUT2D eigenvalue weighted by molar-refractivity contribution is 8.02. The quantitative estimate of drug-likeness (QED) is 0.619. The Morgan fingerprint density at radius 3 is 3.00 bits per heavy atom. The van der Waals surface area contributed by atoms with Crippen molar-refractivity contribution in [3.05, 3.63) is 33.5 Å². The van der Waals surface area contributed by atoms with Crippen LogP contribution in [-0.2, 0) is 0 Å². The Labute approximate surface area is 92.4 Å². The van der Waals surface area contributed by atoms with Crippen LogP contribution in [0.5, 0.6) is 0 Å². The van der Waals surface area contributed by atoms with Crippen molar-refractivity contribution < 1.29 is 4.79 Å². The van der Waals surface area contributed by atoms with Gasteiger partial charge in [0.25, 0.3) is 0 Å². The minimum Gasteiger partial charge on any atom is -0.380 e. The van der Waals surface area contributed by atoms with Crippen molar-refractivity contribution in [2.24, 2.45) is 0 Å². The van der Waals surface area contributed by atoms with Crippen LogP contribution in [0.25, 0.3) is 0 Å². The number of allylic oxidation sites excluding steroid dienone is 1. The van der Waals surface area contributed by atoms with Crippen LogP contribution in [0.1, 0.15) is 16.6 Å². The summed E-state index contributed by atoms with van der Waals surface area (Å²) in [6.45, 7) is 2.85. The molecule has 2 nitrogen and oxygen atoms in total. The lowest BCUT2D eigenvalue weighted by Gasteiger charge is -2.03. The molecule has 1 N–H and O–H groups in total. The predicted molar refractivity (Wildman–Crippen MR) is 63.9 cm³/mol. The summed E-state index contributed by atoms with van der Waals surface area (Å²) in [5.41, 5.74) is 0. The second kappa shape index (κ2) is 5.88. The summed E-state index contributed by atoms with van der Waals surface area (Å²) in [5, 5.41) is 5.96. The van der Waals surface area contributed by atoms with Crippen LogP contribution in [0.4, 0.5) is 0 Å². The molecular weight excluding hydrogens is 214 g/mol. The van der Waals surface area contributed by atoms with Crippen molar-refractivity contribution in [2.75, 3.05) is 12.8 Å². The van der Waals surface area contributed by atoms with E-state index >= 15 is 0 Å². The highest BCUT2D eigenvalue weighted by Gasteiger charge is 2.04. The van der Waals surface area contributed by atoms with E-state index in [0.717, 1.165) is 16.5 Å². The number of rotatable bonds is 5. The molecule has 1 heterocycles. The van der Waals surface area contributed by atoms with Crippen molar-refractivity contribution in [2.45, 2.75) is 6.92 Å². The summed E-state index contributed by atoms with van der Waals surface area (Å²) < 4.78 is 0. The van der Waals surface area contributed by atoms with Gasteiger partial charge in [0.2, 0.25) is 0 Å². The van der Waals surface area contributed by atoms with E-state index in [0.29, 0.717) is 0 Å².